The van der Waals surface area contributed by atoms with Crippen molar-refractivity contribution in [3.63, 3.8) is 0 Å². The van der Waals surface area contributed by atoms with Crippen LogP contribution >= 0.6 is 0 Å². The Hall–Kier alpha value is -0.620. The molecule has 4 saturated carbocycles. The Bertz CT molecular complexity index is 1120. The first-order valence-electron chi connectivity index (χ1n) is 17.8. The van der Waals surface area contributed by atoms with Crippen LogP contribution in [0, 0.1) is 45.3 Å². The lowest BCUT2D eigenvalue weighted by molar-refractivity contribution is -0.347. The van der Waals surface area contributed by atoms with Crippen LogP contribution in [0.5, 0.6) is 0 Å². The first-order valence-corrected chi connectivity index (χ1v) is 17.8. The minimum absolute atomic E-state index is 0.0284. The van der Waals surface area contributed by atoms with E-state index in [2.05, 4.69) is 61.5 Å². The van der Waals surface area contributed by atoms with Gasteiger partial charge in [-0.1, -0.05) is 46.3 Å². The summed E-state index contributed by atoms with van der Waals surface area (Å²) in [5.41, 5.74) is -0.422. The minimum Gasteiger partial charge on any atom is -0.394 e. The lowest BCUT2D eigenvalue weighted by atomic mass is 9.34. The van der Waals surface area contributed by atoms with E-state index < -0.39 is 61.0 Å². The Morgan fingerprint density at radius 2 is 1.61 bits per heavy atom. The average molecular weight is 653 g/mol. The second kappa shape index (κ2) is 12.6. The highest BCUT2D eigenvalue weighted by atomic mass is 16.7. The van der Waals surface area contributed by atoms with Crippen molar-refractivity contribution >= 4 is 0 Å². The molecule has 0 bridgehead atoms. The number of rotatable bonds is 8. The van der Waals surface area contributed by atoms with Crippen molar-refractivity contribution < 1.29 is 44.8 Å². The van der Waals surface area contributed by atoms with Gasteiger partial charge in [0.2, 0.25) is 0 Å². The van der Waals surface area contributed by atoms with E-state index in [1.807, 2.05) is 7.11 Å². The third-order valence-corrected chi connectivity index (χ3v) is 14.8. The van der Waals surface area contributed by atoms with Gasteiger partial charge in [0.05, 0.1) is 30.5 Å². The molecule has 0 aromatic heterocycles. The fourth-order valence-electron chi connectivity index (χ4n) is 12.1. The Labute approximate surface area is 276 Å². The van der Waals surface area contributed by atoms with Crippen LogP contribution in [0.15, 0.2) is 11.6 Å². The normalized spacial score (nSPS) is 51.4. The van der Waals surface area contributed by atoms with Gasteiger partial charge >= 0.3 is 0 Å². The second-order valence-corrected chi connectivity index (χ2v) is 17.6. The van der Waals surface area contributed by atoms with Crippen molar-refractivity contribution in [3.8, 4) is 0 Å². The number of aliphatic hydroxyl groups excluding tert-OH is 6. The summed E-state index contributed by atoms with van der Waals surface area (Å²) in [4.78, 5) is 0. The standard InChI is InChI=1S/C37H64O9/c1-20(2)11-10-14-37(8,44-9)21-12-16-35(6)27(21)22(39)17-25-34(5)15-13-26(40)33(3,4)31(34)23(18-36(25,35)7)45-32-30(43)29(42)28(41)24(19-38)46-32/h11,21-32,38-43H,10,12-19H2,1-9H3/t21-,22+,23-,24+,25+,26-,27-,28+,29-,30?,31-,32+,34+,35+,36+,37-/m0/s1. The maximum Gasteiger partial charge on any atom is 0.186 e. The Kier molecular flexibility index (Phi) is 10.0. The van der Waals surface area contributed by atoms with Crippen molar-refractivity contribution in [2.75, 3.05) is 13.7 Å². The molecule has 46 heavy (non-hydrogen) atoms. The lowest BCUT2D eigenvalue weighted by Gasteiger charge is -2.72. The monoisotopic (exact) mass is 652 g/mol. The number of hydrogen-bond acceptors (Lipinski definition) is 9. The molecule has 4 aliphatic carbocycles. The number of aliphatic hydroxyl groups is 6. The van der Waals surface area contributed by atoms with E-state index in [1.54, 1.807) is 0 Å². The van der Waals surface area contributed by atoms with Gasteiger partial charge < -0.3 is 44.8 Å². The second-order valence-electron chi connectivity index (χ2n) is 17.6. The van der Waals surface area contributed by atoms with Crippen LogP contribution in [-0.2, 0) is 14.2 Å². The van der Waals surface area contributed by atoms with E-state index in [1.165, 1.54) is 5.57 Å². The topological polar surface area (TPSA) is 149 Å². The maximum atomic E-state index is 12.2. The summed E-state index contributed by atoms with van der Waals surface area (Å²) in [7, 11) is 1.81. The van der Waals surface area contributed by atoms with Crippen molar-refractivity contribution in [2.24, 2.45) is 45.3 Å². The van der Waals surface area contributed by atoms with Crippen molar-refractivity contribution in [1.29, 1.82) is 0 Å². The minimum atomic E-state index is -1.53. The molecule has 0 amide bonds. The van der Waals surface area contributed by atoms with Gasteiger partial charge in [-0.2, -0.15) is 0 Å². The highest BCUT2D eigenvalue weighted by Crippen LogP contribution is 2.76. The maximum absolute atomic E-state index is 12.2. The summed E-state index contributed by atoms with van der Waals surface area (Å²) in [6.07, 6.45) is 0.454. The van der Waals surface area contributed by atoms with E-state index in [4.69, 9.17) is 14.2 Å². The van der Waals surface area contributed by atoms with Gasteiger partial charge in [-0.3, -0.25) is 0 Å². The molecule has 6 N–H and O–H groups in total. The van der Waals surface area contributed by atoms with Gasteiger partial charge in [-0.25, -0.2) is 0 Å². The molecule has 0 aromatic rings. The van der Waals surface area contributed by atoms with Gasteiger partial charge in [0.1, 0.15) is 24.4 Å². The SMILES string of the molecule is CO[C@@](C)(CCC=C(C)C)[C@H]1CC[C@]2(C)[C@@H]1[C@H](O)C[C@@H]1[C@@]3(C)CC[C@H](O)C(C)(C)[C@@H]3[C@@H](O[C@@H]3O[C@H](CO)[C@@H](O)[C@H](O)C3O)C[C@]12C. The Balaban J connectivity index is 1.55. The number of allylic oxidation sites excluding steroid dienone is 2. The molecule has 5 aliphatic rings. The molecule has 5 fully saturated rings. The summed E-state index contributed by atoms with van der Waals surface area (Å²) in [5, 5.41) is 65.6. The summed E-state index contributed by atoms with van der Waals surface area (Å²) < 4.78 is 19.0. The molecule has 1 aliphatic heterocycles. The number of hydrogen-bond donors (Lipinski definition) is 6. The van der Waals surface area contributed by atoms with Crippen LogP contribution in [-0.4, -0.2) is 99.0 Å². The molecule has 266 valence electrons. The molecule has 0 aromatic carbocycles. The molecule has 0 spiro atoms. The van der Waals surface area contributed by atoms with Crippen molar-refractivity contribution in [2.45, 2.75) is 161 Å². The predicted molar refractivity (Wildman–Crippen MR) is 174 cm³/mol. The largest absolute Gasteiger partial charge is 0.394 e. The molecule has 9 nitrogen and oxygen atoms in total. The van der Waals surface area contributed by atoms with Crippen LogP contribution in [0.3, 0.4) is 0 Å². The van der Waals surface area contributed by atoms with Gasteiger partial charge in [0.25, 0.3) is 0 Å². The van der Waals surface area contributed by atoms with Gasteiger partial charge in [0.15, 0.2) is 6.29 Å². The molecule has 1 saturated heterocycles. The highest BCUT2D eigenvalue weighted by Gasteiger charge is 2.73. The molecular weight excluding hydrogens is 588 g/mol. The Morgan fingerprint density at radius 1 is 0.935 bits per heavy atom. The zero-order valence-corrected chi connectivity index (χ0v) is 29.8. The van der Waals surface area contributed by atoms with E-state index in [9.17, 15) is 30.6 Å². The average Bonchev–Trinajstić information content (AvgIpc) is 3.37. The van der Waals surface area contributed by atoms with Crippen LogP contribution in [0.4, 0.5) is 0 Å². The van der Waals surface area contributed by atoms with Gasteiger partial charge in [-0.15, -0.1) is 0 Å². The molecular formula is C37H64O9. The fourth-order valence-corrected chi connectivity index (χ4v) is 12.1. The van der Waals surface area contributed by atoms with E-state index >= 15 is 0 Å². The molecule has 16 atom stereocenters. The molecule has 5 rings (SSSR count). The van der Waals surface area contributed by atoms with E-state index in [0.717, 1.165) is 32.1 Å². The number of methoxy groups -OCH3 is 1. The van der Waals surface area contributed by atoms with Gasteiger partial charge in [0, 0.05) is 7.11 Å². The first-order chi connectivity index (χ1) is 21.3. The van der Waals surface area contributed by atoms with E-state index in [0.29, 0.717) is 19.3 Å². The zero-order valence-electron chi connectivity index (χ0n) is 29.8. The Morgan fingerprint density at radius 3 is 2.22 bits per heavy atom. The third kappa shape index (κ3) is 5.47. The smallest absolute Gasteiger partial charge is 0.186 e. The molecule has 1 heterocycles. The number of fused-ring (bicyclic) bond motifs is 5. The van der Waals surface area contributed by atoms with E-state index in [-0.39, 0.29) is 45.5 Å². The lowest BCUT2D eigenvalue weighted by Crippen LogP contribution is -2.71. The van der Waals surface area contributed by atoms with Crippen LogP contribution in [0.25, 0.3) is 0 Å². The summed E-state index contributed by atoms with van der Waals surface area (Å²) in [6, 6.07) is 0. The first kappa shape index (κ1) is 36.7. The zero-order chi connectivity index (χ0) is 34.2. The number of ether oxygens (including phenoxy) is 3. The molecule has 1 unspecified atom stereocenters. The summed E-state index contributed by atoms with van der Waals surface area (Å²) in [5.74, 6) is 0.245. The van der Waals surface area contributed by atoms with Crippen molar-refractivity contribution in [3.05, 3.63) is 11.6 Å². The van der Waals surface area contributed by atoms with Crippen molar-refractivity contribution in [1.82, 2.24) is 0 Å². The van der Waals surface area contributed by atoms with Crippen LogP contribution in [0.1, 0.15) is 107 Å². The van der Waals surface area contributed by atoms with Gasteiger partial charge in [-0.05, 0) is 117 Å². The van der Waals surface area contributed by atoms with Crippen LogP contribution < -0.4 is 0 Å². The quantitative estimate of drug-likeness (QED) is 0.169. The third-order valence-electron chi connectivity index (χ3n) is 14.8. The molecule has 0 radical (unpaired) electrons. The highest BCUT2D eigenvalue weighted by molar-refractivity contribution is 5.22. The predicted octanol–water partition coefficient (Wildman–Crippen LogP) is 3.95. The fraction of sp³-hybridized carbons (Fsp3) is 0.946. The summed E-state index contributed by atoms with van der Waals surface area (Å²) >= 11 is 0. The van der Waals surface area contributed by atoms with Crippen LogP contribution in [0.2, 0.25) is 0 Å². The summed E-state index contributed by atoms with van der Waals surface area (Å²) in [6.45, 7) is 17.2. The molecule has 9 heteroatoms.